The Labute approximate surface area is 173 Å². The van der Waals surface area contributed by atoms with Gasteiger partial charge in [0.05, 0.1) is 24.2 Å². The third kappa shape index (κ3) is 5.46. The molecule has 5 heteroatoms. The third-order valence-electron chi connectivity index (χ3n) is 6.18. The van der Waals surface area contributed by atoms with Gasteiger partial charge in [-0.2, -0.15) is 0 Å². The lowest BCUT2D eigenvalue weighted by Gasteiger charge is -2.22. The molecule has 0 aliphatic heterocycles. The Morgan fingerprint density at radius 3 is 2.79 bits per heavy atom. The van der Waals surface area contributed by atoms with Crippen molar-refractivity contribution in [1.29, 1.82) is 0 Å². The van der Waals surface area contributed by atoms with Gasteiger partial charge in [0.25, 0.3) is 0 Å². The van der Waals surface area contributed by atoms with E-state index < -0.39 is 12.2 Å². The molecule has 2 aromatic rings. The number of aryl methyl sites for hydroxylation is 1. The highest BCUT2D eigenvalue weighted by Crippen LogP contribution is 2.44. The average Bonchev–Trinajstić information content (AvgIpc) is 3.36. The zero-order chi connectivity index (χ0) is 20.6. The molecule has 2 N–H and O–H groups in total. The molecular formula is C24H32N2O3. The molecule has 0 spiro atoms. The van der Waals surface area contributed by atoms with Crippen molar-refractivity contribution >= 4 is 0 Å². The Kier molecular flexibility index (Phi) is 7.85. The van der Waals surface area contributed by atoms with Gasteiger partial charge in [0.1, 0.15) is 5.76 Å². The number of hydrogen-bond acceptors (Lipinski definition) is 4. The van der Waals surface area contributed by atoms with Crippen molar-refractivity contribution in [2.45, 2.75) is 82.5 Å². The van der Waals surface area contributed by atoms with E-state index in [4.69, 9.17) is 11.0 Å². The van der Waals surface area contributed by atoms with Crippen molar-refractivity contribution in [1.82, 2.24) is 4.98 Å². The Balaban J connectivity index is 1.66. The molecule has 2 aromatic heterocycles. The SMILES string of the molecule is [C-]#[N+][C@@H]1C[C@@H](O)C(c2ccc(C(O)CCCCC)nc2)C1CCCc1ccco1. The van der Waals surface area contributed by atoms with E-state index in [2.05, 4.69) is 16.8 Å². The van der Waals surface area contributed by atoms with Crippen LogP contribution in [0.5, 0.6) is 0 Å². The molecule has 0 amide bonds. The van der Waals surface area contributed by atoms with Gasteiger partial charge in [0.2, 0.25) is 6.04 Å². The molecule has 0 bridgehead atoms. The maximum atomic E-state index is 10.7. The number of rotatable bonds is 10. The monoisotopic (exact) mass is 396 g/mol. The van der Waals surface area contributed by atoms with Crippen LogP contribution in [0.3, 0.4) is 0 Å². The molecule has 1 fully saturated rings. The van der Waals surface area contributed by atoms with Crippen LogP contribution in [0.15, 0.2) is 41.1 Å². The van der Waals surface area contributed by atoms with Gasteiger partial charge in [-0.15, -0.1) is 0 Å². The molecule has 156 valence electrons. The number of aliphatic hydroxyl groups is 2. The Bertz CT molecular complexity index is 766. The van der Waals surface area contributed by atoms with Gasteiger partial charge >= 0.3 is 0 Å². The lowest BCUT2D eigenvalue weighted by atomic mass is 9.83. The largest absolute Gasteiger partial charge is 0.469 e. The summed E-state index contributed by atoms with van der Waals surface area (Å²) >= 11 is 0. The predicted octanol–water partition coefficient (Wildman–Crippen LogP) is 5.06. The smallest absolute Gasteiger partial charge is 0.229 e. The zero-order valence-electron chi connectivity index (χ0n) is 17.2. The third-order valence-corrected chi connectivity index (χ3v) is 6.18. The molecule has 1 aliphatic carbocycles. The summed E-state index contributed by atoms with van der Waals surface area (Å²) in [7, 11) is 0. The minimum absolute atomic E-state index is 0.0792. The van der Waals surface area contributed by atoms with Crippen LogP contribution >= 0.6 is 0 Å². The van der Waals surface area contributed by atoms with Crippen molar-refractivity contribution < 1.29 is 14.6 Å². The minimum Gasteiger partial charge on any atom is -0.469 e. The average molecular weight is 397 g/mol. The van der Waals surface area contributed by atoms with Crippen molar-refractivity contribution in [2.24, 2.45) is 5.92 Å². The summed E-state index contributed by atoms with van der Waals surface area (Å²) in [5.41, 5.74) is 1.66. The lowest BCUT2D eigenvalue weighted by Crippen LogP contribution is -2.20. The first-order valence-corrected chi connectivity index (χ1v) is 10.8. The van der Waals surface area contributed by atoms with E-state index in [1.54, 1.807) is 12.5 Å². The van der Waals surface area contributed by atoms with Crippen LogP contribution in [0.2, 0.25) is 0 Å². The molecule has 5 nitrogen and oxygen atoms in total. The molecule has 1 aliphatic rings. The molecule has 2 heterocycles. The van der Waals surface area contributed by atoms with E-state index >= 15 is 0 Å². The Morgan fingerprint density at radius 2 is 2.14 bits per heavy atom. The highest BCUT2D eigenvalue weighted by Gasteiger charge is 2.47. The molecule has 3 unspecified atom stereocenters. The molecule has 3 rings (SSSR count). The first-order valence-electron chi connectivity index (χ1n) is 10.8. The second-order valence-electron chi connectivity index (χ2n) is 8.19. The van der Waals surface area contributed by atoms with Gasteiger partial charge in [-0.3, -0.25) is 4.98 Å². The summed E-state index contributed by atoms with van der Waals surface area (Å²) in [6.07, 6.45) is 9.53. The van der Waals surface area contributed by atoms with Crippen LogP contribution in [0.25, 0.3) is 4.85 Å². The predicted molar refractivity (Wildman–Crippen MR) is 112 cm³/mol. The fourth-order valence-electron chi connectivity index (χ4n) is 4.60. The molecule has 5 atom stereocenters. The minimum atomic E-state index is -0.538. The second kappa shape index (κ2) is 10.6. The van der Waals surface area contributed by atoms with Gasteiger partial charge in [-0.05, 0) is 43.0 Å². The highest BCUT2D eigenvalue weighted by atomic mass is 16.3. The van der Waals surface area contributed by atoms with Gasteiger partial charge < -0.3 is 19.5 Å². The van der Waals surface area contributed by atoms with Crippen molar-refractivity contribution in [3.63, 3.8) is 0 Å². The number of nitrogens with zero attached hydrogens (tertiary/aromatic N) is 2. The summed E-state index contributed by atoms with van der Waals surface area (Å²) in [5.74, 6) is 0.992. The molecule has 0 saturated heterocycles. The topological polar surface area (TPSA) is 70.8 Å². The Morgan fingerprint density at radius 1 is 1.28 bits per heavy atom. The van der Waals surface area contributed by atoms with E-state index in [9.17, 15) is 10.2 Å². The quantitative estimate of drug-likeness (QED) is 0.435. The van der Waals surface area contributed by atoms with Gasteiger partial charge in [0.15, 0.2) is 0 Å². The standard InChI is InChI=1S/C24H32N2O3/c1-3-4-5-11-22(27)20-13-12-17(16-26-20)24-19(21(25-2)15-23(24)28)10-6-8-18-9-7-14-29-18/h7,9,12-14,16,19,21-24,27-28H,3-6,8,10-11,15H2,1H3/t19?,21-,22?,23-,24?/m1/s1. The highest BCUT2D eigenvalue weighted by molar-refractivity contribution is 5.25. The van der Waals surface area contributed by atoms with Crippen LogP contribution in [0.4, 0.5) is 0 Å². The van der Waals surface area contributed by atoms with Crippen LogP contribution in [0.1, 0.15) is 80.9 Å². The van der Waals surface area contributed by atoms with Gasteiger partial charge in [-0.1, -0.05) is 32.3 Å². The van der Waals surface area contributed by atoms with E-state index in [1.165, 1.54) is 0 Å². The fourth-order valence-corrected chi connectivity index (χ4v) is 4.60. The van der Waals surface area contributed by atoms with Gasteiger partial charge in [-0.25, -0.2) is 6.57 Å². The summed E-state index contributed by atoms with van der Waals surface area (Å²) in [6, 6.07) is 7.56. The summed E-state index contributed by atoms with van der Waals surface area (Å²) < 4.78 is 5.41. The zero-order valence-corrected chi connectivity index (χ0v) is 17.2. The van der Waals surface area contributed by atoms with E-state index in [0.717, 1.165) is 56.3 Å². The van der Waals surface area contributed by atoms with Crippen molar-refractivity contribution in [2.75, 3.05) is 0 Å². The van der Waals surface area contributed by atoms with Crippen molar-refractivity contribution in [3.8, 4) is 0 Å². The number of unbranched alkanes of at least 4 members (excludes halogenated alkanes) is 2. The van der Waals surface area contributed by atoms with Crippen LogP contribution < -0.4 is 0 Å². The molecule has 0 radical (unpaired) electrons. The molecule has 1 saturated carbocycles. The van der Waals surface area contributed by atoms with E-state index in [-0.39, 0.29) is 17.9 Å². The number of pyridine rings is 1. The fraction of sp³-hybridized carbons (Fsp3) is 0.583. The normalized spacial score (nSPS) is 25.0. The lowest BCUT2D eigenvalue weighted by molar-refractivity contribution is 0.152. The first kappa shape index (κ1) is 21.5. The van der Waals surface area contributed by atoms with Crippen LogP contribution in [-0.2, 0) is 6.42 Å². The molecule has 0 aromatic carbocycles. The summed E-state index contributed by atoms with van der Waals surface area (Å²) in [5, 5.41) is 21.0. The number of aliphatic hydroxyl groups excluding tert-OH is 2. The van der Waals surface area contributed by atoms with E-state index in [1.807, 2.05) is 24.3 Å². The van der Waals surface area contributed by atoms with Crippen molar-refractivity contribution in [3.05, 3.63) is 65.2 Å². The Hall–Kier alpha value is -2.16. The van der Waals surface area contributed by atoms with E-state index in [0.29, 0.717) is 12.1 Å². The number of aromatic nitrogens is 1. The molecule has 29 heavy (non-hydrogen) atoms. The summed E-state index contributed by atoms with van der Waals surface area (Å²) in [6.45, 7) is 9.71. The number of hydrogen-bond donors (Lipinski definition) is 2. The second-order valence-corrected chi connectivity index (χ2v) is 8.19. The number of furan rings is 1. The van der Waals surface area contributed by atoms with Crippen LogP contribution in [0, 0.1) is 12.5 Å². The maximum absolute atomic E-state index is 10.7. The molecular weight excluding hydrogens is 364 g/mol. The maximum Gasteiger partial charge on any atom is 0.229 e. The summed E-state index contributed by atoms with van der Waals surface area (Å²) in [4.78, 5) is 8.29. The first-order chi connectivity index (χ1) is 14.1. The van der Waals surface area contributed by atoms with Crippen LogP contribution in [-0.4, -0.2) is 27.3 Å². The van der Waals surface area contributed by atoms with Gasteiger partial charge in [0, 0.05) is 30.9 Å².